The molecule has 7 heteroatoms. The highest BCUT2D eigenvalue weighted by molar-refractivity contribution is 6.04. The molecule has 3 aromatic rings. The number of nitrogens with zero attached hydrogens (tertiary/aromatic N) is 5. The molecule has 4 rings (SSSR count). The van der Waals surface area contributed by atoms with E-state index in [-0.39, 0.29) is 5.91 Å². The molecular formula is C20H20N6O. The van der Waals surface area contributed by atoms with Crippen molar-refractivity contribution < 1.29 is 4.79 Å². The fraction of sp³-hybridized carbons (Fsp3) is 0.200. The molecule has 2 aromatic heterocycles. The maximum atomic E-state index is 12.2. The van der Waals surface area contributed by atoms with Gasteiger partial charge in [0.05, 0.1) is 18.1 Å². The summed E-state index contributed by atoms with van der Waals surface area (Å²) in [5, 5.41) is 2.82. The van der Waals surface area contributed by atoms with Gasteiger partial charge in [0.15, 0.2) is 0 Å². The number of piperazine rings is 1. The Kier molecular flexibility index (Phi) is 4.91. The number of hydrogen-bond donors (Lipinski definition) is 1. The number of hydrogen-bond acceptors (Lipinski definition) is 6. The Morgan fingerprint density at radius 2 is 1.48 bits per heavy atom. The zero-order valence-corrected chi connectivity index (χ0v) is 14.8. The Bertz CT molecular complexity index is 877. The first kappa shape index (κ1) is 17.0. The van der Waals surface area contributed by atoms with Crippen LogP contribution in [0.25, 0.3) is 0 Å². The minimum Gasteiger partial charge on any atom is -0.353 e. The zero-order chi connectivity index (χ0) is 18.5. The maximum Gasteiger partial charge on any atom is 0.255 e. The first-order valence-corrected chi connectivity index (χ1v) is 8.89. The van der Waals surface area contributed by atoms with Crippen LogP contribution in [-0.2, 0) is 0 Å². The summed E-state index contributed by atoms with van der Waals surface area (Å²) in [4.78, 5) is 29.8. The number of aromatic nitrogens is 3. The Morgan fingerprint density at radius 3 is 2.15 bits per heavy atom. The highest BCUT2D eigenvalue weighted by Crippen LogP contribution is 2.17. The molecule has 136 valence electrons. The van der Waals surface area contributed by atoms with E-state index >= 15 is 0 Å². The van der Waals surface area contributed by atoms with E-state index in [4.69, 9.17) is 0 Å². The van der Waals surface area contributed by atoms with Gasteiger partial charge in [-0.1, -0.05) is 24.3 Å². The summed E-state index contributed by atoms with van der Waals surface area (Å²) < 4.78 is 0. The molecular weight excluding hydrogens is 340 g/mol. The van der Waals surface area contributed by atoms with Gasteiger partial charge in [-0.15, -0.1) is 0 Å². The lowest BCUT2D eigenvalue weighted by atomic mass is 10.2. The van der Waals surface area contributed by atoms with Gasteiger partial charge in [-0.3, -0.25) is 4.79 Å². The van der Waals surface area contributed by atoms with Crippen LogP contribution in [0.15, 0.2) is 67.1 Å². The molecule has 1 aromatic carbocycles. The van der Waals surface area contributed by atoms with Crippen LogP contribution in [0.3, 0.4) is 0 Å². The van der Waals surface area contributed by atoms with Gasteiger partial charge < -0.3 is 15.1 Å². The average Bonchev–Trinajstić information content (AvgIpc) is 2.76. The third-order valence-corrected chi connectivity index (χ3v) is 4.47. The third-order valence-electron chi connectivity index (χ3n) is 4.47. The van der Waals surface area contributed by atoms with E-state index in [0.717, 1.165) is 32.0 Å². The van der Waals surface area contributed by atoms with Gasteiger partial charge in [0.1, 0.15) is 5.82 Å². The average molecular weight is 360 g/mol. The first-order valence-electron chi connectivity index (χ1n) is 8.89. The Hall–Kier alpha value is -3.48. The van der Waals surface area contributed by atoms with E-state index in [0.29, 0.717) is 17.2 Å². The molecule has 27 heavy (non-hydrogen) atoms. The van der Waals surface area contributed by atoms with Crippen LogP contribution in [0, 0.1) is 0 Å². The predicted molar refractivity (Wildman–Crippen MR) is 105 cm³/mol. The van der Waals surface area contributed by atoms with Crippen LogP contribution in [0.1, 0.15) is 10.4 Å². The zero-order valence-electron chi connectivity index (χ0n) is 14.8. The van der Waals surface area contributed by atoms with Crippen LogP contribution in [-0.4, -0.2) is 47.0 Å². The van der Waals surface area contributed by atoms with Gasteiger partial charge in [-0.05, 0) is 24.3 Å². The van der Waals surface area contributed by atoms with Gasteiger partial charge in [0.25, 0.3) is 5.91 Å². The van der Waals surface area contributed by atoms with E-state index in [1.54, 1.807) is 24.5 Å². The number of benzene rings is 1. The normalized spacial score (nSPS) is 14.1. The van der Waals surface area contributed by atoms with Crippen molar-refractivity contribution in [1.82, 2.24) is 15.0 Å². The molecule has 7 nitrogen and oxygen atoms in total. The van der Waals surface area contributed by atoms with E-state index in [2.05, 4.69) is 30.1 Å². The van der Waals surface area contributed by atoms with Gasteiger partial charge >= 0.3 is 0 Å². The third kappa shape index (κ3) is 4.03. The topological polar surface area (TPSA) is 74.2 Å². The molecule has 0 atom stereocenters. The standard InChI is InChI=1S/C20H20N6O/c27-19(16-6-2-1-3-7-16)24-17-14-22-20(23-15-17)26-12-10-25(11-13-26)18-8-4-5-9-21-18/h1-9,14-15H,10-13H2,(H,24,27). The fourth-order valence-corrected chi connectivity index (χ4v) is 3.02. The summed E-state index contributed by atoms with van der Waals surface area (Å²) in [5.74, 6) is 1.50. The van der Waals surface area contributed by atoms with E-state index < -0.39 is 0 Å². The minimum absolute atomic E-state index is 0.170. The van der Waals surface area contributed by atoms with E-state index in [1.165, 1.54) is 0 Å². The molecule has 1 saturated heterocycles. The van der Waals surface area contributed by atoms with Crippen molar-refractivity contribution in [3.05, 3.63) is 72.7 Å². The van der Waals surface area contributed by atoms with Crippen molar-refractivity contribution in [1.29, 1.82) is 0 Å². The van der Waals surface area contributed by atoms with Gasteiger partial charge in [-0.25, -0.2) is 15.0 Å². The van der Waals surface area contributed by atoms with Crippen LogP contribution >= 0.6 is 0 Å². The van der Waals surface area contributed by atoms with Crippen molar-refractivity contribution >= 4 is 23.4 Å². The largest absolute Gasteiger partial charge is 0.353 e. The lowest BCUT2D eigenvalue weighted by Gasteiger charge is -2.35. The number of anilines is 3. The lowest BCUT2D eigenvalue weighted by molar-refractivity contribution is 0.102. The summed E-state index contributed by atoms with van der Waals surface area (Å²) in [5.41, 5.74) is 1.19. The smallest absolute Gasteiger partial charge is 0.255 e. The first-order chi connectivity index (χ1) is 13.3. The molecule has 0 saturated carbocycles. The molecule has 1 amide bonds. The molecule has 0 aliphatic carbocycles. The minimum atomic E-state index is -0.170. The number of pyridine rings is 1. The number of carbonyl (C=O) groups is 1. The second-order valence-corrected chi connectivity index (χ2v) is 6.25. The summed E-state index contributed by atoms with van der Waals surface area (Å²) in [7, 11) is 0. The molecule has 0 unspecified atom stereocenters. The molecule has 1 fully saturated rings. The second-order valence-electron chi connectivity index (χ2n) is 6.25. The highest BCUT2D eigenvalue weighted by atomic mass is 16.1. The fourth-order valence-electron chi connectivity index (χ4n) is 3.02. The monoisotopic (exact) mass is 360 g/mol. The Labute approximate surface area is 157 Å². The highest BCUT2D eigenvalue weighted by Gasteiger charge is 2.19. The number of rotatable bonds is 4. The lowest BCUT2D eigenvalue weighted by Crippen LogP contribution is -2.47. The summed E-state index contributed by atoms with van der Waals surface area (Å²) >= 11 is 0. The van der Waals surface area contributed by atoms with Gasteiger partial charge in [-0.2, -0.15) is 0 Å². The van der Waals surface area contributed by atoms with Crippen LogP contribution < -0.4 is 15.1 Å². The van der Waals surface area contributed by atoms with E-state index in [1.807, 2.05) is 42.6 Å². The van der Waals surface area contributed by atoms with Crippen molar-refractivity contribution in [3.63, 3.8) is 0 Å². The molecule has 1 aliphatic heterocycles. The van der Waals surface area contributed by atoms with Crippen molar-refractivity contribution in [2.24, 2.45) is 0 Å². The Balaban J connectivity index is 1.35. The van der Waals surface area contributed by atoms with Gasteiger partial charge in [0, 0.05) is 37.9 Å². The molecule has 1 aliphatic rings. The SMILES string of the molecule is O=C(Nc1cnc(N2CCN(c3ccccn3)CC2)nc1)c1ccccc1. The quantitative estimate of drug-likeness (QED) is 0.770. The number of amides is 1. The summed E-state index contributed by atoms with van der Waals surface area (Å²) in [6.07, 6.45) is 5.11. The second kappa shape index (κ2) is 7.82. The number of carbonyl (C=O) groups excluding carboxylic acids is 1. The van der Waals surface area contributed by atoms with Gasteiger partial charge in [0.2, 0.25) is 5.95 Å². The summed E-state index contributed by atoms with van der Waals surface area (Å²) in [6, 6.07) is 15.0. The van der Waals surface area contributed by atoms with Crippen molar-refractivity contribution in [3.8, 4) is 0 Å². The predicted octanol–water partition coefficient (Wildman–Crippen LogP) is 2.45. The Morgan fingerprint density at radius 1 is 0.815 bits per heavy atom. The van der Waals surface area contributed by atoms with Crippen molar-refractivity contribution in [2.75, 3.05) is 41.3 Å². The molecule has 1 N–H and O–H groups in total. The number of nitrogens with one attached hydrogen (secondary N) is 1. The van der Waals surface area contributed by atoms with Crippen LogP contribution in [0.4, 0.5) is 17.5 Å². The molecule has 3 heterocycles. The molecule has 0 radical (unpaired) electrons. The van der Waals surface area contributed by atoms with Crippen molar-refractivity contribution in [2.45, 2.75) is 0 Å². The molecule has 0 spiro atoms. The summed E-state index contributed by atoms with van der Waals surface area (Å²) in [6.45, 7) is 3.39. The van der Waals surface area contributed by atoms with Crippen LogP contribution in [0.5, 0.6) is 0 Å². The van der Waals surface area contributed by atoms with Crippen LogP contribution in [0.2, 0.25) is 0 Å². The van der Waals surface area contributed by atoms with E-state index in [9.17, 15) is 4.79 Å². The molecule has 0 bridgehead atoms. The maximum absolute atomic E-state index is 12.2.